The average Bonchev–Trinajstić information content (AvgIpc) is 2.63. The molecule has 1 aliphatic heterocycles. The van der Waals surface area contributed by atoms with Gasteiger partial charge in [-0.2, -0.15) is 4.31 Å². The van der Waals surface area contributed by atoms with E-state index in [1.54, 1.807) is 26.2 Å². The van der Waals surface area contributed by atoms with Crippen molar-refractivity contribution in [2.24, 2.45) is 5.92 Å². The van der Waals surface area contributed by atoms with Gasteiger partial charge in [0.2, 0.25) is 15.9 Å². The number of carbonyl (C=O) groups is 1. The number of methoxy groups -OCH3 is 1. The Kier molecular flexibility index (Phi) is 7.91. The largest absolute Gasteiger partial charge is 0.492 e. The van der Waals surface area contributed by atoms with Crippen LogP contribution in [0.3, 0.4) is 0 Å². The number of nitrogens with one attached hydrogen (secondary N) is 1. The Morgan fingerprint density at radius 2 is 2.19 bits per heavy atom. The highest BCUT2D eigenvalue weighted by Crippen LogP contribution is 2.32. The molecule has 0 aromatic heterocycles. The van der Waals surface area contributed by atoms with Gasteiger partial charge in [-0.3, -0.25) is 4.79 Å². The van der Waals surface area contributed by atoms with E-state index < -0.39 is 15.9 Å². The van der Waals surface area contributed by atoms with E-state index in [0.29, 0.717) is 37.6 Å². The Labute approximate surface area is 166 Å². The molecule has 152 valence electrons. The van der Waals surface area contributed by atoms with Crippen molar-refractivity contribution < 1.29 is 22.7 Å². The van der Waals surface area contributed by atoms with Crippen LogP contribution >= 0.6 is 11.6 Å². The minimum absolute atomic E-state index is 0.0330. The molecule has 1 aromatic carbocycles. The molecular weight excluding hydrogens is 392 g/mol. The topological polar surface area (TPSA) is 84.9 Å². The number of rotatable bonds is 8. The Bertz CT molecular complexity index is 756. The van der Waals surface area contributed by atoms with Gasteiger partial charge in [0.15, 0.2) is 0 Å². The van der Waals surface area contributed by atoms with Crippen molar-refractivity contribution in [1.82, 2.24) is 9.62 Å². The Morgan fingerprint density at radius 3 is 2.85 bits per heavy atom. The second-order valence-corrected chi connectivity index (χ2v) is 8.93. The molecule has 7 nitrogen and oxygen atoms in total. The fraction of sp³-hybridized carbons (Fsp3) is 0.611. The first-order chi connectivity index (χ1) is 12.8. The number of ether oxygens (including phenoxy) is 2. The fourth-order valence-corrected chi connectivity index (χ4v) is 5.04. The van der Waals surface area contributed by atoms with Gasteiger partial charge in [0.05, 0.1) is 19.1 Å². The van der Waals surface area contributed by atoms with Crippen LogP contribution in [-0.2, 0) is 19.6 Å². The van der Waals surface area contributed by atoms with Crippen LogP contribution in [0.2, 0.25) is 5.02 Å². The van der Waals surface area contributed by atoms with Crippen molar-refractivity contribution in [1.29, 1.82) is 0 Å². The lowest BCUT2D eigenvalue weighted by Crippen LogP contribution is -2.47. The summed E-state index contributed by atoms with van der Waals surface area (Å²) in [6.07, 6.45) is 1.26. The zero-order chi connectivity index (χ0) is 20.0. The molecule has 1 fully saturated rings. The summed E-state index contributed by atoms with van der Waals surface area (Å²) in [5.74, 6) is -0.291. The highest BCUT2D eigenvalue weighted by atomic mass is 35.5. The Hall–Kier alpha value is -1.35. The second kappa shape index (κ2) is 9.73. The van der Waals surface area contributed by atoms with Crippen LogP contribution in [0.25, 0.3) is 0 Å². The van der Waals surface area contributed by atoms with Crippen LogP contribution in [0.1, 0.15) is 26.7 Å². The molecule has 1 aromatic rings. The Balaban J connectivity index is 2.19. The molecule has 0 spiro atoms. The zero-order valence-corrected chi connectivity index (χ0v) is 17.5. The average molecular weight is 419 g/mol. The standard InChI is InChI=1S/C18H27ClN2O5S/c1-4-26-16-8-7-15(19)10-17(16)27(23,24)21-9-5-6-14(11-21)18(22)20-13(2)12-25-3/h7-8,10,13-14H,4-6,9,11-12H2,1-3H3,(H,20,22)/t13-,14-/m0/s1. The molecule has 0 bridgehead atoms. The van der Waals surface area contributed by atoms with Gasteiger partial charge in [0.25, 0.3) is 0 Å². The predicted molar refractivity (Wildman–Crippen MR) is 104 cm³/mol. The van der Waals surface area contributed by atoms with E-state index in [2.05, 4.69) is 5.32 Å². The van der Waals surface area contributed by atoms with E-state index in [4.69, 9.17) is 21.1 Å². The zero-order valence-electron chi connectivity index (χ0n) is 15.9. The highest BCUT2D eigenvalue weighted by molar-refractivity contribution is 7.89. The Morgan fingerprint density at radius 1 is 1.44 bits per heavy atom. The predicted octanol–water partition coefficient (Wildman–Crippen LogP) is 2.29. The van der Waals surface area contributed by atoms with E-state index in [0.717, 1.165) is 0 Å². The molecule has 0 radical (unpaired) electrons. The molecule has 9 heteroatoms. The summed E-state index contributed by atoms with van der Waals surface area (Å²) in [7, 11) is -2.26. The summed E-state index contributed by atoms with van der Waals surface area (Å²) < 4.78 is 38.2. The van der Waals surface area contributed by atoms with Gasteiger partial charge >= 0.3 is 0 Å². The monoisotopic (exact) mass is 418 g/mol. The van der Waals surface area contributed by atoms with Crippen LogP contribution in [0, 0.1) is 5.92 Å². The molecule has 0 unspecified atom stereocenters. The molecule has 1 saturated heterocycles. The van der Waals surface area contributed by atoms with E-state index in [9.17, 15) is 13.2 Å². The van der Waals surface area contributed by atoms with E-state index in [1.807, 2.05) is 6.92 Å². The lowest BCUT2D eigenvalue weighted by molar-refractivity contribution is -0.127. The lowest BCUT2D eigenvalue weighted by atomic mass is 9.98. The van der Waals surface area contributed by atoms with Crippen molar-refractivity contribution in [3.63, 3.8) is 0 Å². The van der Waals surface area contributed by atoms with Crippen LogP contribution in [0.5, 0.6) is 5.75 Å². The van der Waals surface area contributed by atoms with Gasteiger partial charge in [-0.15, -0.1) is 0 Å². The van der Waals surface area contributed by atoms with Crippen molar-refractivity contribution in [2.45, 2.75) is 37.6 Å². The number of piperidine rings is 1. The summed E-state index contributed by atoms with van der Waals surface area (Å²) >= 11 is 6.01. The summed E-state index contributed by atoms with van der Waals surface area (Å²) in [4.78, 5) is 12.5. The quantitative estimate of drug-likeness (QED) is 0.700. The first kappa shape index (κ1) is 21.9. The number of halogens is 1. The molecule has 0 saturated carbocycles. The molecular formula is C18H27ClN2O5S. The lowest BCUT2D eigenvalue weighted by Gasteiger charge is -2.32. The van der Waals surface area contributed by atoms with Crippen molar-refractivity contribution in [3.05, 3.63) is 23.2 Å². The van der Waals surface area contributed by atoms with Crippen LogP contribution in [0.15, 0.2) is 23.1 Å². The second-order valence-electron chi connectivity index (χ2n) is 6.59. The number of nitrogens with zero attached hydrogens (tertiary/aromatic N) is 1. The molecule has 1 amide bonds. The highest BCUT2D eigenvalue weighted by Gasteiger charge is 2.35. The fourth-order valence-electron chi connectivity index (χ4n) is 3.12. The summed E-state index contributed by atoms with van der Waals surface area (Å²) in [6.45, 7) is 4.86. The number of hydrogen-bond acceptors (Lipinski definition) is 5. The number of sulfonamides is 1. The van der Waals surface area contributed by atoms with Gasteiger partial charge in [0, 0.05) is 31.3 Å². The van der Waals surface area contributed by atoms with Gasteiger partial charge in [-0.1, -0.05) is 11.6 Å². The number of benzene rings is 1. The van der Waals surface area contributed by atoms with Gasteiger partial charge in [-0.05, 0) is 44.9 Å². The third-order valence-electron chi connectivity index (χ3n) is 4.38. The third-order valence-corrected chi connectivity index (χ3v) is 6.51. The normalized spacial score (nSPS) is 19.5. The summed E-state index contributed by atoms with van der Waals surface area (Å²) in [5, 5.41) is 3.19. The van der Waals surface area contributed by atoms with E-state index >= 15 is 0 Å². The number of carbonyl (C=O) groups excluding carboxylic acids is 1. The first-order valence-electron chi connectivity index (χ1n) is 9.01. The van der Waals surface area contributed by atoms with Gasteiger partial charge in [0.1, 0.15) is 10.6 Å². The van der Waals surface area contributed by atoms with Gasteiger partial charge < -0.3 is 14.8 Å². The molecule has 1 heterocycles. The molecule has 1 N–H and O–H groups in total. The maximum absolute atomic E-state index is 13.2. The number of amides is 1. The smallest absolute Gasteiger partial charge is 0.246 e. The number of hydrogen-bond donors (Lipinski definition) is 1. The molecule has 2 rings (SSSR count). The maximum atomic E-state index is 13.2. The van der Waals surface area contributed by atoms with Crippen molar-refractivity contribution in [2.75, 3.05) is 33.4 Å². The molecule has 1 aliphatic rings. The minimum atomic E-state index is -3.82. The van der Waals surface area contributed by atoms with E-state index in [-0.39, 0.29) is 29.1 Å². The first-order valence-corrected chi connectivity index (χ1v) is 10.8. The summed E-state index contributed by atoms with van der Waals surface area (Å²) in [5.41, 5.74) is 0. The third kappa shape index (κ3) is 5.57. The van der Waals surface area contributed by atoms with E-state index in [1.165, 1.54) is 10.4 Å². The molecule has 27 heavy (non-hydrogen) atoms. The van der Waals surface area contributed by atoms with Crippen LogP contribution in [0.4, 0.5) is 0 Å². The molecule has 0 aliphatic carbocycles. The van der Waals surface area contributed by atoms with Crippen molar-refractivity contribution >= 4 is 27.5 Å². The van der Waals surface area contributed by atoms with Crippen molar-refractivity contribution in [3.8, 4) is 5.75 Å². The maximum Gasteiger partial charge on any atom is 0.246 e. The van der Waals surface area contributed by atoms with Gasteiger partial charge in [-0.25, -0.2) is 8.42 Å². The minimum Gasteiger partial charge on any atom is -0.492 e. The summed E-state index contributed by atoms with van der Waals surface area (Å²) in [6, 6.07) is 4.41. The van der Waals surface area contributed by atoms with Crippen LogP contribution < -0.4 is 10.1 Å². The van der Waals surface area contributed by atoms with Crippen LogP contribution in [-0.4, -0.2) is 58.1 Å². The SMILES string of the molecule is CCOc1ccc(Cl)cc1S(=O)(=O)N1CCC[C@H](C(=O)N[C@@H](C)COC)C1. The molecule has 2 atom stereocenters.